The second kappa shape index (κ2) is 10.7. The van der Waals surface area contributed by atoms with Crippen molar-refractivity contribution in [3.8, 4) is 0 Å². The molecule has 1 N–H and O–H groups in total. The molecule has 7 nitrogen and oxygen atoms in total. The average molecular weight is 422 g/mol. The molecule has 172 valence electrons. The summed E-state index contributed by atoms with van der Waals surface area (Å²) in [5, 5.41) is 3.56. The van der Waals surface area contributed by atoms with Crippen molar-refractivity contribution in [3.63, 3.8) is 0 Å². The standard InChI is InChI=1S/C23H43N5O2/c1-23(2,3)30-22(29)28(18-19-8-9-19)20-10-15-27(16-11-20)21(24-4)25-12-17-26-13-6-5-7-14-26/h19-20H,5-18H2,1-4H3,(H,24,25). The summed E-state index contributed by atoms with van der Waals surface area (Å²) in [4.78, 5) is 24.3. The third kappa shape index (κ3) is 7.33. The van der Waals surface area contributed by atoms with Crippen LogP contribution in [0.15, 0.2) is 4.99 Å². The zero-order valence-electron chi connectivity index (χ0n) is 19.7. The maximum atomic E-state index is 12.8. The molecule has 7 heteroatoms. The molecule has 2 saturated heterocycles. The summed E-state index contributed by atoms with van der Waals surface area (Å²) in [6.45, 7) is 13.0. The van der Waals surface area contributed by atoms with E-state index in [-0.39, 0.29) is 12.1 Å². The van der Waals surface area contributed by atoms with Gasteiger partial charge in [-0.3, -0.25) is 4.99 Å². The highest BCUT2D eigenvalue weighted by molar-refractivity contribution is 5.80. The summed E-state index contributed by atoms with van der Waals surface area (Å²) in [6.07, 6.45) is 8.32. The normalized spacial score (nSPS) is 22.1. The number of nitrogens with one attached hydrogen (secondary N) is 1. The zero-order valence-corrected chi connectivity index (χ0v) is 19.7. The second-order valence-corrected chi connectivity index (χ2v) is 10.2. The lowest BCUT2D eigenvalue weighted by Crippen LogP contribution is -2.53. The first-order valence-electron chi connectivity index (χ1n) is 12.0. The van der Waals surface area contributed by atoms with Gasteiger partial charge in [0, 0.05) is 45.8 Å². The van der Waals surface area contributed by atoms with Crippen LogP contribution in [0.5, 0.6) is 0 Å². The summed E-state index contributed by atoms with van der Waals surface area (Å²) >= 11 is 0. The fraction of sp³-hybridized carbons (Fsp3) is 0.913. The monoisotopic (exact) mass is 421 g/mol. The predicted octanol–water partition coefficient (Wildman–Crippen LogP) is 3.16. The van der Waals surface area contributed by atoms with E-state index in [0.717, 1.165) is 51.5 Å². The zero-order chi connectivity index (χ0) is 21.6. The molecule has 30 heavy (non-hydrogen) atoms. The van der Waals surface area contributed by atoms with Crippen molar-refractivity contribution >= 4 is 12.1 Å². The Morgan fingerprint density at radius 2 is 1.73 bits per heavy atom. The smallest absolute Gasteiger partial charge is 0.410 e. The Morgan fingerprint density at radius 1 is 1.07 bits per heavy atom. The summed E-state index contributed by atoms with van der Waals surface area (Å²) in [6, 6.07) is 0.267. The largest absolute Gasteiger partial charge is 0.444 e. The first kappa shape index (κ1) is 23.2. The molecule has 3 aliphatic rings. The summed E-state index contributed by atoms with van der Waals surface area (Å²) in [7, 11) is 1.87. The van der Waals surface area contributed by atoms with Crippen molar-refractivity contribution in [3.05, 3.63) is 0 Å². The van der Waals surface area contributed by atoms with Crippen LogP contribution in [0.4, 0.5) is 4.79 Å². The van der Waals surface area contributed by atoms with Gasteiger partial charge in [-0.1, -0.05) is 6.42 Å². The maximum absolute atomic E-state index is 12.8. The van der Waals surface area contributed by atoms with Crippen LogP contribution in [0.25, 0.3) is 0 Å². The molecule has 0 bridgehead atoms. The van der Waals surface area contributed by atoms with Crippen LogP contribution in [0, 0.1) is 5.92 Å². The van der Waals surface area contributed by atoms with E-state index in [1.54, 1.807) is 0 Å². The number of aliphatic imine (C=N–C) groups is 1. The number of hydrogen-bond acceptors (Lipinski definition) is 4. The predicted molar refractivity (Wildman–Crippen MR) is 122 cm³/mol. The number of carbonyl (C=O) groups is 1. The minimum atomic E-state index is -0.445. The van der Waals surface area contributed by atoms with Gasteiger partial charge in [-0.15, -0.1) is 0 Å². The van der Waals surface area contributed by atoms with E-state index in [4.69, 9.17) is 4.74 Å². The molecule has 1 amide bonds. The summed E-state index contributed by atoms with van der Waals surface area (Å²) < 4.78 is 5.72. The van der Waals surface area contributed by atoms with Gasteiger partial charge in [-0.2, -0.15) is 0 Å². The van der Waals surface area contributed by atoms with Crippen molar-refractivity contribution in [2.75, 3.05) is 52.9 Å². The number of piperidine rings is 2. The van der Waals surface area contributed by atoms with E-state index in [0.29, 0.717) is 5.92 Å². The fourth-order valence-corrected chi connectivity index (χ4v) is 4.50. The highest BCUT2D eigenvalue weighted by Gasteiger charge is 2.35. The molecular formula is C23H43N5O2. The Bertz CT molecular complexity index is 571. The van der Waals surface area contributed by atoms with E-state index in [9.17, 15) is 4.79 Å². The lowest BCUT2D eigenvalue weighted by Gasteiger charge is -2.40. The molecule has 2 aliphatic heterocycles. The lowest BCUT2D eigenvalue weighted by atomic mass is 10.0. The molecule has 0 spiro atoms. The Kier molecular flexibility index (Phi) is 8.26. The van der Waals surface area contributed by atoms with E-state index in [2.05, 4.69) is 20.1 Å². The summed E-state index contributed by atoms with van der Waals surface area (Å²) in [5.74, 6) is 1.66. The van der Waals surface area contributed by atoms with Gasteiger partial charge in [0.05, 0.1) is 0 Å². The molecule has 0 unspecified atom stereocenters. The van der Waals surface area contributed by atoms with Crippen molar-refractivity contribution in [2.24, 2.45) is 10.9 Å². The molecule has 2 heterocycles. The molecular weight excluding hydrogens is 378 g/mol. The fourth-order valence-electron chi connectivity index (χ4n) is 4.50. The number of hydrogen-bond donors (Lipinski definition) is 1. The Labute approximate surface area is 183 Å². The van der Waals surface area contributed by atoms with E-state index < -0.39 is 5.60 Å². The Hall–Kier alpha value is -1.50. The number of nitrogens with zero attached hydrogens (tertiary/aromatic N) is 4. The molecule has 0 aromatic heterocycles. The number of guanidine groups is 1. The first-order valence-corrected chi connectivity index (χ1v) is 12.0. The van der Waals surface area contributed by atoms with Crippen LogP contribution >= 0.6 is 0 Å². The topological polar surface area (TPSA) is 60.4 Å². The molecule has 1 aliphatic carbocycles. The van der Waals surface area contributed by atoms with Gasteiger partial charge >= 0.3 is 6.09 Å². The van der Waals surface area contributed by atoms with Crippen LogP contribution in [0.1, 0.15) is 65.7 Å². The maximum Gasteiger partial charge on any atom is 0.410 e. The Morgan fingerprint density at radius 3 is 2.30 bits per heavy atom. The highest BCUT2D eigenvalue weighted by atomic mass is 16.6. The van der Waals surface area contributed by atoms with Crippen LogP contribution in [0.2, 0.25) is 0 Å². The van der Waals surface area contributed by atoms with Crippen LogP contribution < -0.4 is 5.32 Å². The van der Waals surface area contributed by atoms with Crippen LogP contribution in [-0.4, -0.2) is 91.3 Å². The highest BCUT2D eigenvalue weighted by Crippen LogP contribution is 2.32. The number of rotatable bonds is 6. The van der Waals surface area contributed by atoms with Crippen molar-refractivity contribution in [2.45, 2.75) is 77.4 Å². The molecule has 3 rings (SSSR count). The van der Waals surface area contributed by atoms with Gasteiger partial charge in [0.2, 0.25) is 0 Å². The quantitative estimate of drug-likeness (QED) is 0.527. The minimum absolute atomic E-state index is 0.142. The molecule has 3 fully saturated rings. The average Bonchev–Trinajstić information content (AvgIpc) is 3.53. The van der Waals surface area contributed by atoms with Crippen LogP contribution in [-0.2, 0) is 4.74 Å². The second-order valence-electron chi connectivity index (χ2n) is 10.2. The molecule has 0 aromatic carbocycles. The van der Waals surface area contributed by atoms with E-state index >= 15 is 0 Å². The molecule has 0 aromatic rings. The minimum Gasteiger partial charge on any atom is -0.444 e. The van der Waals surface area contributed by atoms with E-state index in [1.807, 2.05) is 32.7 Å². The Balaban J connectivity index is 1.46. The SMILES string of the molecule is CN=C(NCCN1CCCCC1)N1CCC(N(CC2CC2)C(=O)OC(C)(C)C)CC1. The summed E-state index contributed by atoms with van der Waals surface area (Å²) in [5.41, 5.74) is -0.445. The van der Waals surface area contributed by atoms with Gasteiger partial charge in [-0.25, -0.2) is 4.79 Å². The van der Waals surface area contributed by atoms with Crippen LogP contribution in [0.3, 0.4) is 0 Å². The van der Waals surface area contributed by atoms with Gasteiger partial charge < -0.3 is 24.8 Å². The molecule has 0 radical (unpaired) electrons. The molecule has 1 saturated carbocycles. The number of likely N-dealkylation sites (tertiary alicyclic amines) is 2. The van der Waals surface area contributed by atoms with Gasteiger partial charge in [0.15, 0.2) is 5.96 Å². The third-order valence-electron chi connectivity index (χ3n) is 6.36. The van der Waals surface area contributed by atoms with Crippen molar-refractivity contribution in [1.29, 1.82) is 0 Å². The van der Waals surface area contributed by atoms with E-state index in [1.165, 1.54) is 45.2 Å². The number of amides is 1. The number of carbonyl (C=O) groups excluding carboxylic acids is 1. The van der Waals surface area contributed by atoms with Gasteiger partial charge in [0.1, 0.15) is 5.60 Å². The first-order chi connectivity index (χ1) is 14.4. The number of ether oxygens (including phenoxy) is 1. The van der Waals surface area contributed by atoms with Crippen molar-refractivity contribution < 1.29 is 9.53 Å². The molecule has 0 atom stereocenters. The lowest BCUT2D eigenvalue weighted by molar-refractivity contribution is 0.00928. The van der Waals surface area contributed by atoms with Gasteiger partial charge in [0.25, 0.3) is 0 Å². The van der Waals surface area contributed by atoms with Crippen molar-refractivity contribution in [1.82, 2.24) is 20.0 Å². The third-order valence-corrected chi connectivity index (χ3v) is 6.36. The van der Waals surface area contributed by atoms with Gasteiger partial charge in [-0.05, 0) is 78.3 Å².